The fraction of sp³-hybridized carbons (Fsp3) is 0.333. The lowest BCUT2D eigenvalue weighted by molar-refractivity contribution is 0.536. The Bertz CT molecular complexity index is 945. The highest BCUT2D eigenvalue weighted by Gasteiger charge is 2.30. The molecule has 2 aromatic carbocycles. The van der Waals surface area contributed by atoms with Crippen LogP contribution in [0.5, 0.6) is 0 Å². The van der Waals surface area contributed by atoms with Crippen LogP contribution in [0.3, 0.4) is 0 Å². The molecule has 1 N–H and O–H groups in total. The predicted molar refractivity (Wildman–Crippen MR) is 103 cm³/mol. The van der Waals surface area contributed by atoms with Gasteiger partial charge in [0.2, 0.25) is 0 Å². The third kappa shape index (κ3) is 2.98. The van der Waals surface area contributed by atoms with Gasteiger partial charge in [0.15, 0.2) is 0 Å². The summed E-state index contributed by atoms with van der Waals surface area (Å²) in [7, 11) is 0. The second-order valence-electron chi connectivity index (χ2n) is 7.72. The molecule has 1 aliphatic rings. The van der Waals surface area contributed by atoms with E-state index < -0.39 is 0 Å². The van der Waals surface area contributed by atoms with Gasteiger partial charge in [0.1, 0.15) is 11.7 Å². The number of rotatable bonds is 1. The van der Waals surface area contributed by atoms with Crippen LogP contribution in [0.2, 0.25) is 0 Å². The summed E-state index contributed by atoms with van der Waals surface area (Å²) >= 11 is 0. The zero-order chi connectivity index (χ0) is 17.6. The van der Waals surface area contributed by atoms with Gasteiger partial charge in [-0.05, 0) is 51.0 Å². The van der Waals surface area contributed by atoms with Crippen LogP contribution in [0, 0.1) is 6.92 Å². The number of benzene rings is 2. The fourth-order valence-corrected chi connectivity index (χ4v) is 3.40. The van der Waals surface area contributed by atoms with Gasteiger partial charge in [0, 0.05) is 0 Å². The Hall–Kier alpha value is -2.46. The molecular formula is C21H24N4. The quantitative estimate of drug-likeness (QED) is 0.724. The van der Waals surface area contributed by atoms with Crippen molar-refractivity contribution in [3.8, 4) is 0 Å². The van der Waals surface area contributed by atoms with Crippen LogP contribution in [0.4, 0.5) is 0 Å². The highest BCUT2D eigenvalue weighted by atomic mass is 15.2. The van der Waals surface area contributed by atoms with E-state index in [0.717, 1.165) is 29.2 Å². The largest absolute Gasteiger partial charge is 0.297 e. The number of aromatic nitrogens is 2. The van der Waals surface area contributed by atoms with Gasteiger partial charge in [-0.1, -0.05) is 36.4 Å². The topological polar surface area (TPSA) is 42.2 Å². The Morgan fingerprint density at radius 3 is 2.60 bits per heavy atom. The van der Waals surface area contributed by atoms with Crippen LogP contribution in [-0.4, -0.2) is 20.9 Å². The maximum atomic E-state index is 5.09. The zero-order valence-electron chi connectivity index (χ0n) is 15.2. The molecule has 0 aliphatic carbocycles. The van der Waals surface area contributed by atoms with Crippen LogP contribution >= 0.6 is 0 Å². The van der Waals surface area contributed by atoms with Gasteiger partial charge in [-0.3, -0.25) is 14.9 Å². The van der Waals surface area contributed by atoms with E-state index in [1.807, 2.05) is 6.07 Å². The number of imidazole rings is 1. The Balaban J connectivity index is 1.95. The second-order valence-corrected chi connectivity index (χ2v) is 7.72. The van der Waals surface area contributed by atoms with Gasteiger partial charge in [-0.2, -0.15) is 0 Å². The Morgan fingerprint density at radius 2 is 1.88 bits per heavy atom. The average molecular weight is 332 g/mol. The van der Waals surface area contributed by atoms with E-state index in [2.05, 4.69) is 80.0 Å². The molecule has 25 heavy (non-hydrogen) atoms. The predicted octanol–water partition coefficient (Wildman–Crippen LogP) is 4.23. The molecule has 4 nitrogen and oxygen atoms in total. The first-order valence-electron chi connectivity index (χ1n) is 8.79. The number of hydrogen-bond acceptors (Lipinski definition) is 3. The SMILES string of the molecule is Cc1ccc2c(c1)nc1n2C(=NC(C)(C)C)C(c2ccccc2)NC1. The number of nitrogens with one attached hydrogen (secondary N) is 1. The first-order valence-corrected chi connectivity index (χ1v) is 8.79. The van der Waals surface area contributed by atoms with Crippen molar-refractivity contribution in [1.82, 2.24) is 14.9 Å². The van der Waals surface area contributed by atoms with Gasteiger partial charge in [0.25, 0.3) is 0 Å². The van der Waals surface area contributed by atoms with E-state index in [-0.39, 0.29) is 11.6 Å². The summed E-state index contributed by atoms with van der Waals surface area (Å²) in [6.07, 6.45) is 0. The molecule has 0 saturated heterocycles. The van der Waals surface area contributed by atoms with Crippen molar-refractivity contribution < 1.29 is 0 Å². The average Bonchev–Trinajstić information content (AvgIpc) is 2.92. The van der Waals surface area contributed by atoms with Gasteiger partial charge in [-0.25, -0.2) is 4.98 Å². The third-order valence-corrected chi connectivity index (χ3v) is 4.41. The molecule has 0 amide bonds. The number of aryl methyl sites for hydroxylation is 1. The van der Waals surface area contributed by atoms with Crippen molar-refractivity contribution in [1.29, 1.82) is 0 Å². The number of fused-ring (bicyclic) bond motifs is 3. The molecule has 4 heteroatoms. The monoisotopic (exact) mass is 332 g/mol. The van der Waals surface area contributed by atoms with E-state index in [9.17, 15) is 0 Å². The lowest BCUT2D eigenvalue weighted by Crippen LogP contribution is -2.40. The minimum absolute atomic E-state index is 0.0617. The summed E-state index contributed by atoms with van der Waals surface area (Å²) in [5.74, 6) is 2.04. The molecule has 4 rings (SSSR count). The van der Waals surface area contributed by atoms with Crippen LogP contribution in [0.15, 0.2) is 53.5 Å². The van der Waals surface area contributed by atoms with E-state index in [0.29, 0.717) is 0 Å². The molecule has 1 atom stereocenters. The molecular weight excluding hydrogens is 308 g/mol. The van der Waals surface area contributed by atoms with Crippen LogP contribution in [0.1, 0.15) is 43.8 Å². The fourth-order valence-electron chi connectivity index (χ4n) is 3.40. The molecule has 0 bridgehead atoms. The molecule has 1 aliphatic heterocycles. The normalized spacial score (nSPS) is 19.4. The first-order chi connectivity index (χ1) is 11.9. The summed E-state index contributed by atoms with van der Waals surface area (Å²) in [5.41, 5.74) is 4.45. The molecule has 0 fully saturated rings. The van der Waals surface area contributed by atoms with Crippen molar-refractivity contribution in [3.63, 3.8) is 0 Å². The van der Waals surface area contributed by atoms with E-state index in [4.69, 9.17) is 9.98 Å². The Labute approximate surface area is 148 Å². The minimum atomic E-state index is -0.167. The number of aliphatic imine (C=N–C) groups is 1. The van der Waals surface area contributed by atoms with Crippen molar-refractivity contribution >= 4 is 16.9 Å². The maximum absolute atomic E-state index is 5.09. The smallest absolute Gasteiger partial charge is 0.132 e. The first kappa shape index (κ1) is 16.0. The molecule has 0 radical (unpaired) electrons. The molecule has 0 spiro atoms. The lowest BCUT2D eigenvalue weighted by Gasteiger charge is -2.30. The molecule has 2 heterocycles. The van der Waals surface area contributed by atoms with E-state index in [1.54, 1.807) is 0 Å². The zero-order valence-corrected chi connectivity index (χ0v) is 15.2. The number of nitrogens with zero attached hydrogens (tertiary/aromatic N) is 3. The van der Waals surface area contributed by atoms with Gasteiger partial charge < -0.3 is 0 Å². The summed E-state index contributed by atoms with van der Waals surface area (Å²) in [5, 5.41) is 3.63. The van der Waals surface area contributed by atoms with Crippen LogP contribution in [-0.2, 0) is 6.54 Å². The second kappa shape index (κ2) is 5.81. The van der Waals surface area contributed by atoms with Gasteiger partial charge >= 0.3 is 0 Å². The third-order valence-electron chi connectivity index (χ3n) is 4.41. The minimum Gasteiger partial charge on any atom is -0.297 e. The number of hydrogen-bond donors (Lipinski definition) is 1. The summed E-state index contributed by atoms with van der Waals surface area (Å²) in [6, 6.07) is 17.0. The van der Waals surface area contributed by atoms with Gasteiger partial charge in [0.05, 0.1) is 29.2 Å². The van der Waals surface area contributed by atoms with Crippen molar-refractivity contribution in [2.45, 2.75) is 45.8 Å². The van der Waals surface area contributed by atoms with Gasteiger partial charge in [-0.15, -0.1) is 0 Å². The Kier molecular flexibility index (Phi) is 3.73. The highest BCUT2D eigenvalue weighted by molar-refractivity contribution is 5.99. The van der Waals surface area contributed by atoms with Crippen molar-refractivity contribution in [2.24, 2.45) is 4.99 Å². The summed E-state index contributed by atoms with van der Waals surface area (Å²) in [6.45, 7) is 9.25. The molecule has 128 valence electrons. The molecule has 1 aromatic heterocycles. The summed E-state index contributed by atoms with van der Waals surface area (Å²) < 4.78 is 2.24. The van der Waals surface area contributed by atoms with E-state index in [1.165, 1.54) is 11.1 Å². The van der Waals surface area contributed by atoms with Crippen LogP contribution in [0.25, 0.3) is 11.0 Å². The molecule has 1 unspecified atom stereocenters. The lowest BCUT2D eigenvalue weighted by atomic mass is 10.0. The standard InChI is InChI=1S/C21H24N4/c1-14-10-11-17-16(12-14)23-18-13-22-19(15-8-6-5-7-9-15)20(25(17)18)24-21(2,3)4/h5-12,19,22H,13H2,1-4H3. The van der Waals surface area contributed by atoms with Crippen molar-refractivity contribution in [2.75, 3.05) is 0 Å². The molecule has 0 saturated carbocycles. The van der Waals surface area contributed by atoms with Crippen LogP contribution < -0.4 is 5.32 Å². The van der Waals surface area contributed by atoms with E-state index >= 15 is 0 Å². The molecule has 3 aromatic rings. The van der Waals surface area contributed by atoms with Crippen molar-refractivity contribution in [3.05, 3.63) is 65.5 Å². The summed E-state index contributed by atoms with van der Waals surface area (Å²) in [4.78, 5) is 9.93. The highest BCUT2D eigenvalue weighted by Crippen LogP contribution is 2.28. The maximum Gasteiger partial charge on any atom is 0.132 e. The Morgan fingerprint density at radius 1 is 1.12 bits per heavy atom.